The van der Waals surface area contributed by atoms with Gasteiger partial charge in [0.15, 0.2) is 0 Å². The van der Waals surface area contributed by atoms with E-state index in [-0.39, 0.29) is 0 Å². The van der Waals surface area contributed by atoms with E-state index in [0.717, 1.165) is 0 Å². The van der Waals surface area contributed by atoms with Crippen LogP contribution in [0.5, 0.6) is 0 Å². The molecule has 3 nitrogen and oxygen atoms in total. The highest BCUT2D eigenvalue weighted by Gasteiger charge is 2.04. The van der Waals surface area contributed by atoms with Gasteiger partial charge >= 0.3 is 0 Å². The Morgan fingerprint density at radius 2 is 2.42 bits per heavy atom. The quantitative estimate of drug-likeness (QED) is 0.640. The lowest BCUT2D eigenvalue weighted by Gasteiger charge is -2.03. The van der Waals surface area contributed by atoms with Crippen LogP contribution in [-0.4, -0.2) is 16.5 Å². The van der Waals surface area contributed by atoms with Crippen LogP contribution in [-0.2, 0) is 0 Å². The van der Waals surface area contributed by atoms with E-state index in [1.165, 1.54) is 6.33 Å². The molecule has 1 rings (SSSR count). The number of hydrogen-bond donors (Lipinski definition) is 1. The number of terminal acetylenes is 1. The number of nitrogens with zero attached hydrogens (tertiary/aromatic N) is 2. The molecule has 12 heavy (non-hydrogen) atoms. The Kier molecular flexibility index (Phi) is 3.32. The van der Waals surface area contributed by atoms with Crippen molar-refractivity contribution in [3.8, 4) is 12.3 Å². The molecule has 0 saturated carbocycles. The Labute approximate surface area is 83.7 Å². The zero-order chi connectivity index (χ0) is 8.97. The van der Waals surface area contributed by atoms with Gasteiger partial charge in [-0.1, -0.05) is 17.5 Å². The Bertz CT molecular complexity index is 321. The van der Waals surface area contributed by atoms with Gasteiger partial charge in [0.2, 0.25) is 0 Å². The largest absolute Gasteiger partial charge is 0.358 e. The number of hydrogen-bond acceptors (Lipinski definition) is 3. The highest BCUT2D eigenvalue weighted by Crippen LogP contribution is 2.25. The van der Waals surface area contributed by atoms with Gasteiger partial charge in [-0.25, -0.2) is 9.97 Å². The molecule has 0 aliphatic heterocycles. The van der Waals surface area contributed by atoms with E-state index in [4.69, 9.17) is 18.0 Å². The van der Waals surface area contributed by atoms with Gasteiger partial charge in [-0.05, 0) is 15.9 Å². The van der Waals surface area contributed by atoms with Gasteiger partial charge in [-0.2, -0.15) is 0 Å². The SMILES string of the molecule is C#CCNc1ncnc(Cl)c1Br. The summed E-state index contributed by atoms with van der Waals surface area (Å²) < 4.78 is 0.627. The van der Waals surface area contributed by atoms with Gasteiger partial charge in [-0.15, -0.1) is 6.42 Å². The maximum absolute atomic E-state index is 5.70. The van der Waals surface area contributed by atoms with Crippen LogP contribution in [0.4, 0.5) is 5.82 Å². The van der Waals surface area contributed by atoms with Crippen molar-refractivity contribution in [2.24, 2.45) is 0 Å². The molecule has 0 saturated heterocycles. The maximum Gasteiger partial charge on any atom is 0.148 e. The standard InChI is InChI=1S/C7H5BrClN3/c1-2-3-10-7-5(8)6(9)11-4-12-7/h1,4H,3H2,(H,10,11,12). The molecule has 62 valence electrons. The second-order valence-corrected chi connectivity index (χ2v) is 3.04. The van der Waals surface area contributed by atoms with Gasteiger partial charge in [0.25, 0.3) is 0 Å². The van der Waals surface area contributed by atoms with Gasteiger partial charge in [0.05, 0.1) is 11.0 Å². The van der Waals surface area contributed by atoms with Crippen molar-refractivity contribution in [1.29, 1.82) is 0 Å². The molecular weight excluding hydrogens is 241 g/mol. The summed E-state index contributed by atoms with van der Waals surface area (Å²) in [7, 11) is 0. The summed E-state index contributed by atoms with van der Waals surface area (Å²) >= 11 is 8.93. The molecule has 1 aromatic heterocycles. The van der Waals surface area contributed by atoms with Gasteiger partial charge in [0, 0.05) is 0 Å². The lowest BCUT2D eigenvalue weighted by molar-refractivity contribution is 1.13. The number of anilines is 1. The van der Waals surface area contributed by atoms with Crippen molar-refractivity contribution < 1.29 is 0 Å². The van der Waals surface area contributed by atoms with Gasteiger partial charge in [-0.3, -0.25) is 0 Å². The van der Waals surface area contributed by atoms with Crippen LogP contribution in [0.2, 0.25) is 5.15 Å². The van der Waals surface area contributed by atoms with Gasteiger partial charge in [0.1, 0.15) is 17.3 Å². The van der Waals surface area contributed by atoms with E-state index in [1.54, 1.807) is 0 Å². The first kappa shape index (κ1) is 9.30. The van der Waals surface area contributed by atoms with Crippen molar-refractivity contribution in [2.45, 2.75) is 0 Å². The van der Waals surface area contributed by atoms with E-state index in [2.05, 4.69) is 37.1 Å². The molecule has 0 aliphatic carbocycles. The first-order chi connectivity index (χ1) is 5.75. The molecule has 0 fully saturated rings. The van der Waals surface area contributed by atoms with E-state index < -0.39 is 0 Å². The molecule has 1 aromatic rings. The molecule has 0 spiro atoms. The topological polar surface area (TPSA) is 37.8 Å². The van der Waals surface area contributed by atoms with E-state index in [9.17, 15) is 0 Å². The van der Waals surface area contributed by atoms with Crippen LogP contribution >= 0.6 is 27.5 Å². The fourth-order valence-electron chi connectivity index (χ4n) is 0.606. The lowest BCUT2D eigenvalue weighted by Crippen LogP contribution is -2.02. The van der Waals surface area contributed by atoms with E-state index >= 15 is 0 Å². The number of nitrogens with one attached hydrogen (secondary N) is 1. The zero-order valence-electron chi connectivity index (χ0n) is 6.01. The second-order valence-electron chi connectivity index (χ2n) is 1.88. The normalized spacial score (nSPS) is 9.08. The van der Waals surface area contributed by atoms with Crippen LogP contribution in [0.25, 0.3) is 0 Å². The molecule has 0 amide bonds. The Morgan fingerprint density at radius 1 is 1.67 bits per heavy atom. The fourth-order valence-corrected chi connectivity index (χ4v) is 1.08. The fraction of sp³-hybridized carbons (Fsp3) is 0.143. The minimum atomic E-state index is 0.365. The second kappa shape index (κ2) is 4.29. The van der Waals surface area contributed by atoms with Crippen molar-refractivity contribution >= 4 is 33.3 Å². The smallest absolute Gasteiger partial charge is 0.148 e. The summed E-state index contributed by atoms with van der Waals surface area (Å²) in [6, 6.07) is 0. The third-order valence-corrected chi connectivity index (χ3v) is 2.37. The Morgan fingerprint density at radius 3 is 3.08 bits per heavy atom. The van der Waals surface area contributed by atoms with Crippen LogP contribution < -0.4 is 5.32 Å². The first-order valence-corrected chi connectivity index (χ1v) is 4.26. The number of aromatic nitrogens is 2. The summed E-state index contributed by atoms with van der Waals surface area (Å²) in [5, 5.41) is 3.25. The molecule has 0 aliphatic rings. The first-order valence-electron chi connectivity index (χ1n) is 3.09. The molecule has 5 heteroatoms. The summed E-state index contributed by atoms with van der Waals surface area (Å²) in [4.78, 5) is 7.69. The summed E-state index contributed by atoms with van der Waals surface area (Å²) in [6.45, 7) is 0.409. The number of rotatable bonds is 2. The average molecular weight is 246 g/mol. The molecule has 0 bridgehead atoms. The van der Waals surface area contributed by atoms with E-state index in [1.807, 2.05) is 0 Å². The summed E-state index contributed by atoms with van der Waals surface area (Å²) in [6.07, 6.45) is 6.43. The van der Waals surface area contributed by atoms with Crippen LogP contribution in [0.15, 0.2) is 10.8 Å². The Hall–Kier alpha value is -0.790. The summed E-state index contributed by atoms with van der Waals surface area (Å²) in [5.41, 5.74) is 0. The summed E-state index contributed by atoms with van der Waals surface area (Å²) in [5.74, 6) is 3.03. The predicted octanol–water partition coefficient (Wildman–Crippen LogP) is 1.94. The highest BCUT2D eigenvalue weighted by molar-refractivity contribution is 9.10. The third-order valence-electron chi connectivity index (χ3n) is 1.10. The molecule has 0 unspecified atom stereocenters. The predicted molar refractivity (Wildman–Crippen MR) is 52.1 cm³/mol. The highest BCUT2D eigenvalue weighted by atomic mass is 79.9. The molecular formula is C7H5BrClN3. The van der Waals surface area contributed by atoms with Crippen LogP contribution in [0.3, 0.4) is 0 Å². The molecule has 1 heterocycles. The Balaban J connectivity index is 2.86. The van der Waals surface area contributed by atoms with Gasteiger partial charge < -0.3 is 5.32 Å². The minimum absolute atomic E-state index is 0.365. The molecule has 0 atom stereocenters. The molecule has 0 radical (unpaired) electrons. The molecule has 1 N–H and O–H groups in total. The average Bonchev–Trinajstić information content (AvgIpc) is 2.08. The monoisotopic (exact) mass is 245 g/mol. The maximum atomic E-state index is 5.70. The van der Waals surface area contributed by atoms with Crippen molar-refractivity contribution in [3.05, 3.63) is 16.0 Å². The minimum Gasteiger partial charge on any atom is -0.358 e. The van der Waals surface area contributed by atoms with E-state index in [0.29, 0.717) is 22.0 Å². The third kappa shape index (κ3) is 2.10. The number of halogens is 2. The molecule has 0 aromatic carbocycles. The van der Waals surface area contributed by atoms with Crippen LogP contribution in [0.1, 0.15) is 0 Å². The zero-order valence-corrected chi connectivity index (χ0v) is 8.35. The lowest BCUT2D eigenvalue weighted by atomic mass is 10.5. The van der Waals surface area contributed by atoms with Crippen molar-refractivity contribution in [3.63, 3.8) is 0 Å². The van der Waals surface area contributed by atoms with Crippen LogP contribution in [0, 0.1) is 12.3 Å². The van der Waals surface area contributed by atoms with Crippen molar-refractivity contribution in [1.82, 2.24) is 9.97 Å². The van der Waals surface area contributed by atoms with Crippen molar-refractivity contribution in [2.75, 3.05) is 11.9 Å².